The highest BCUT2D eigenvalue weighted by Gasteiger charge is 2.38. The first-order valence-corrected chi connectivity index (χ1v) is 6.85. The number of ether oxygens (including phenoxy) is 1. The van der Waals surface area contributed by atoms with Gasteiger partial charge in [-0.2, -0.15) is 0 Å². The van der Waals surface area contributed by atoms with Gasteiger partial charge in [0.1, 0.15) is 11.6 Å². The Kier molecular flexibility index (Phi) is 4.17. The molecule has 0 atom stereocenters. The summed E-state index contributed by atoms with van der Waals surface area (Å²) in [5.74, 6) is -0.296. The molecule has 98 valence electrons. The van der Waals surface area contributed by atoms with Crippen LogP contribution in [0.25, 0.3) is 0 Å². The lowest BCUT2D eigenvalue weighted by Gasteiger charge is -2.40. The van der Waals surface area contributed by atoms with E-state index < -0.39 is 0 Å². The molecule has 1 aromatic carbocycles. The Hall–Kier alpha value is -0.740. The molecule has 0 aromatic heterocycles. The number of rotatable bonds is 5. The van der Waals surface area contributed by atoms with E-state index >= 15 is 0 Å². The van der Waals surface area contributed by atoms with Crippen LogP contribution in [0.2, 0.25) is 0 Å². The monoisotopic (exact) mass is 314 g/mol. The van der Waals surface area contributed by atoms with Gasteiger partial charge in [0, 0.05) is 24.4 Å². The van der Waals surface area contributed by atoms with Crippen molar-refractivity contribution in [3.63, 3.8) is 0 Å². The minimum absolute atomic E-state index is 0.0396. The van der Waals surface area contributed by atoms with Crippen molar-refractivity contribution in [1.82, 2.24) is 0 Å². The Morgan fingerprint density at radius 2 is 2.22 bits per heavy atom. The fourth-order valence-corrected chi connectivity index (χ4v) is 2.66. The van der Waals surface area contributed by atoms with Crippen LogP contribution in [0.15, 0.2) is 22.7 Å². The number of carbonyl (C=O) groups excluding carboxylic acids is 1. The van der Waals surface area contributed by atoms with Gasteiger partial charge in [-0.3, -0.25) is 4.79 Å². The first-order chi connectivity index (χ1) is 8.54. The van der Waals surface area contributed by atoms with E-state index in [1.54, 1.807) is 19.2 Å². The van der Waals surface area contributed by atoms with Gasteiger partial charge in [0.2, 0.25) is 0 Å². The van der Waals surface area contributed by atoms with E-state index in [1.165, 1.54) is 6.07 Å². The zero-order valence-corrected chi connectivity index (χ0v) is 11.9. The number of hydrogen-bond donors (Lipinski definition) is 0. The van der Waals surface area contributed by atoms with Crippen LogP contribution in [0, 0.1) is 5.82 Å². The first-order valence-electron chi connectivity index (χ1n) is 6.05. The summed E-state index contributed by atoms with van der Waals surface area (Å²) in [5, 5.41) is 0. The van der Waals surface area contributed by atoms with Crippen molar-refractivity contribution in [3.8, 4) is 0 Å². The molecule has 0 amide bonds. The van der Waals surface area contributed by atoms with Gasteiger partial charge in [0.15, 0.2) is 0 Å². The molecule has 0 bridgehead atoms. The summed E-state index contributed by atoms with van der Waals surface area (Å²) in [6.07, 6.45) is 3.49. The van der Waals surface area contributed by atoms with Crippen LogP contribution in [-0.4, -0.2) is 18.5 Å². The number of ketones is 1. The molecule has 0 spiro atoms. The Bertz CT molecular complexity index is 450. The largest absolute Gasteiger partial charge is 0.378 e. The molecule has 0 saturated heterocycles. The zero-order chi connectivity index (χ0) is 13.2. The highest BCUT2D eigenvalue weighted by molar-refractivity contribution is 9.10. The van der Waals surface area contributed by atoms with E-state index in [1.807, 2.05) is 0 Å². The highest BCUT2D eigenvalue weighted by atomic mass is 79.9. The molecule has 4 heteroatoms. The third-order valence-electron chi connectivity index (χ3n) is 3.62. The molecule has 2 nitrogen and oxygen atoms in total. The van der Waals surface area contributed by atoms with E-state index in [-0.39, 0.29) is 23.6 Å². The summed E-state index contributed by atoms with van der Waals surface area (Å²) in [6.45, 7) is 0. The normalized spacial score (nSPS) is 17.3. The van der Waals surface area contributed by atoms with Gasteiger partial charge in [-0.15, -0.1) is 0 Å². The van der Waals surface area contributed by atoms with Crippen molar-refractivity contribution in [2.24, 2.45) is 0 Å². The molecular weight excluding hydrogens is 299 g/mol. The maximum Gasteiger partial charge on any atom is 0.140 e. The van der Waals surface area contributed by atoms with E-state index in [9.17, 15) is 9.18 Å². The van der Waals surface area contributed by atoms with Gasteiger partial charge in [-0.1, -0.05) is 22.0 Å². The minimum Gasteiger partial charge on any atom is -0.378 e. The zero-order valence-electron chi connectivity index (χ0n) is 10.3. The fourth-order valence-electron chi connectivity index (χ4n) is 2.32. The molecule has 0 heterocycles. The fraction of sp³-hybridized carbons (Fsp3) is 0.500. The van der Waals surface area contributed by atoms with Gasteiger partial charge < -0.3 is 4.74 Å². The minimum atomic E-state index is -0.335. The molecule has 1 aliphatic rings. The summed E-state index contributed by atoms with van der Waals surface area (Å²) in [5.41, 5.74) is 0.178. The molecular formula is C14H16BrFO2. The van der Waals surface area contributed by atoms with E-state index in [2.05, 4.69) is 15.9 Å². The van der Waals surface area contributed by atoms with Gasteiger partial charge in [0.05, 0.1) is 5.60 Å². The van der Waals surface area contributed by atoms with E-state index in [4.69, 9.17) is 4.74 Å². The average molecular weight is 315 g/mol. The van der Waals surface area contributed by atoms with Crippen molar-refractivity contribution in [2.75, 3.05) is 7.11 Å². The summed E-state index contributed by atoms with van der Waals surface area (Å²) in [7, 11) is 1.65. The summed E-state index contributed by atoms with van der Waals surface area (Å²) in [6, 6.07) is 4.79. The van der Waals surface area contributed by atoms with Crippen LogP contribution >= 0.6 is 15.9 Å². The average Bonchev–Trinajstić information content (AvgIpc) is 2.27. The second kappa shape index (κ2) is 5.49. The number of benzene rings is 1. The number of Topliss-reactive ketones (excluding diaryl/α,β-unsaturated/α-hetero) is 1. The molecule has 0 radical (unpaired) electrons. The van der Waals surface area contributed by atoms with Crippen LogP contribution < -0.4 is 0 Å². The molecule has 2 rings (SSSR count). The van der Waals surface area contributed by atoms with E-state index in [0.29, 0.717) is 16.5 Å². The number of carbonyl (C=O) groups is 1. The predicted octanol–water partition coefficient (Wildman–Crippen LogP) is 3.66. The first kappa shape index (κ1) is 13.7. The number of hydrogen-bond acceptors (Lipinski definition) is 2. The lowest BCUT2D eigenvalue weighted by Crippen LogP contribution is -2.41. The summed E-state index contributed by atoms with van der Waals surface area (Å²) >= 11 is 3.20. The molecule has 1 fully saturated rings. The van der Waals surface area contributed by atoms with Gasteiger partial charge in [0.25, 0.3) is 0 Å². The Labute approximate surface area is 115 Å². The summed E-state index contributed by atoms with van der Waals surface area (Å²) in [4.78, 5) is 12.0. The van der Waals surface area contributed by atoms with Crippen molar-refractivity contribution in [2.45, 2.75) is 37.7 Å². The van der Waals surface area contributed by atoms with Crippen LogP contribution in [0.4, 0.5) is 4.39 Å². The third kappa shape index (κ3) is 2.98. The molecule has 0 N–H and O–H groups in total. The number of halogens is 2. The van der Waals surface area contributed by atoms with Crippen molar-refractivity contribution in [3.05, 3.63) is 34.1 Å². The van der Waals surface area contributed by atoms with Gasteiger partial charge >= 0.3 is 0 Å². The van der Waals surface area contributed by atoms with Crippen LogP contribution in [0.1, 0.15) is 31.2 Å². The second-order valence-corrected chi connectivity index (χ2v) is 5.78. The van der Waals surface area contributed by atoms with Crippen LogP contribution in [-0.2, 0) is 16.0 Å². The molecule has 0 unspecified atom stereocenters. The lowest BCUT2D eigenvalue weighted by molar-refractivity contribution is -0.131. The Balaban J connectivity index is 1.98. The molecule has 1 aliphatic carbocycles. The molecule has 0 aliphatic heterocycles. The maximum absolute atomic E-state index is 13.6. The number of methoxy groups -OCH3 is 1. The Morgan fingerprint density at radius 3 is 2.72 bits per heavy atom. The topological polar surface area (TPSA) is 26.3 Å². The third-order valence-corrected chi connectivity index (χ3v) is 4.11. The smallest absolute Gasteiger partial charge is 0.140 e. The standard InChI is InChI=1S/C14H16BrFO2/c1-18-14(5-2-6-14)9-12(17)7-10-3-4-11(15)8-13(10)16/h3-4,8H,2,5-7,9H2,1H3. The van der Waals surface area contributed by atoms with Crippen molar-refractivity contribution < 1.29 is 13.9 Å². The maximum atomic E-state index is 13.6. The Morgan fingerprint density at radius 1 is 1.50 bits per heavy atom. The molecule has 1 saturated carbocycles. The summed E-state index contributed by atoms with van der Waals surface area (Å²) < 4.78 is 19.7. The lowest BCUT2D eigenvalue weighted by atomic mass is 9.76. The highest BCUT2D eigenvalue weighted by Crippen LogP contribution is 2.38. The van der Waals surface area contributed by atoms with E-state index in [0.717, 1.165) is 19.3 Å². The van der Waals surface area contributed by atoms with Crippen molar-refractivity contribution >= 4 is 21.7 Å². The van der Waals surface area contributed by atoms with Gasteiger partial charge in [-0.05, 0) is 37.0 Å². The van der Waals surface area contributed by atoms with Gasteiger partial charge in [-0.25, -0.2) is 4.39 Å². The predicted molar refractivity (Wildman–Crippen MR) is 71.0 cm³/mol. The molecule has 1 aromatic rings. The quantitative estimate of drug-likeness (QED) is 0.829. The van der Waals surface area contributed by atoms with Crippen LogP contribution in [0.5, 0.6) is 0 Å². The SMILES string of the molecule is COC1(CC(=O)Cc2ccc(Br)cc2F)CCC1. The van der Waals surface area contributed by atoms with Crippen molar-refractivity contribution in [1.29, 1.82) is 0 Å². The second-order valence-electron chi connectivity index (χ2n) is 4.87. The molecule has 18 heavy (non-hydrogen) atoms. The van der Waals surface area contributed by atoms with Crippen LogP contribution in [0.3, 0.4) is 0 Å².